The Morgan fingerprint density at radius 1 is 0.898 bits per heavy atom. The Balaban J connectivity index is 1.18. The summed E-state index contributed by atoms with van der Waals surface area (Å²) in [6.45, 7) is 9.01. The van der Waals surface area contributed by atoms with E-state index in [1.807, 2.05) is 46.8 Å². The van der Waals surface area contributed by atoms with Crippen molar-refractivity contribution in [3.8, 4) is 0 Å². The van der Waals surface area contributed by atoms with Gasteiger partial charge in [0.05, 0.1) is 49.8 Å². The van der Waals surface area contributed by atoms with Crippen molar-refractivity contribution in [2.24, 2.45) is 52.3 Å². The molecule has 6 aliphatic rings. The summed E-state index contributed by atoms with van der Waals surface area (Å²) in [7, 11) is -3.95. The molecular weight excluding hydrogens is 800 g/mol. The second kappa shape index (κ2) is 17.9. The van der Waals surface area contributed by atoms with Crippen LogP contribution >= 0.6 is 0 Å². The van der Waals surface area contributed by atoms with E-state index >= 15 is 0 Å². The van der Waals surface area contributed by atoms with Crippen LogP contribution in [0.5, 0.6) is 0 Å². The van der Waals surface area contributed by atoms with Crippen LogP contribution in [0.1, 0.15) is 73.1 Å². The molecule has 59 heavy (non-hydrogen) atoms. The molecule has 0 spiro atoms. The maximum Gasteiger partial charge on any atom is 0.217 e. The number of methoxy groups -OCH3 is 1. The third kappa shape index (κ3) is 8.81. The summed E-state index contributed by atoms with van der Waals surface area (Å²) in [6, 6.07) is 0. The lowest BCUT2D eigenvalue weighted by Gasteiger charge is -2.66. The first kappa shape index (κ1) is 47.5. The highest BCUT2D eigenvalue weighted by molar-refractivity contribution is 7.80. The molecule has 9 N–H and O–H groups in total. The second-order valence-corrected chi connectivity index (χ2v) is 20.1. The first-order valence-electron chi connectivity index (χ1n) is 21.0. The Hall–Kier alpha value is -0.950. The molecule has 4 saturated carbocycles. The van der Waals surface area contributed by atoms with Gasteiger partial charge in [0, 0.05) is 31.3 Å². The molecule has 0 bridgehead atoms. The Morgan fingerprint density at radius 2 is 1.58 bits per heavy atom. The number of allylic oxidation sites excluding steroid dienone is 1. The molecule has 6 fully saturated rings. The molecule has 0 aromatic heterocycles. The number of fused-ring (bicyclic) bond motifs is 5. The van der Waals surface area contributed by atoms with E-state index in [0.29, 0.717) is 25.7 Å². The number of ether oxygens (including phenoxy) is 5. The average Bonchev–Trinajstić information content (AvgIpc) is 3.61. The molecule has 2 saturated heterocycles. The summed E-state index contributed by atoms with van der Waals surface area (Å²) in [6.07, 6.45) is -10.7. The van der Waals surface area contributed by atoms with Crippen LogP contribution in [0.3, 0.4) is 0 Å². The highest BCUT2D eigenvalue weighted by atomic mass is 32.3. The van der Waals surface area contributed by atoms with Gasteiger partial charge >= 0.3 is 0 Å². The van der Waals surface area contributed by atoms with Crippen molar-refractivity contribution in [1.82, 2.24) is 0 Å². The van der Waals surface area contributed by atoms with Gasteiger partial charge in [0.1, 0.15) is 42.7 Å². The predicted octanol–water partition coefficient (Wildman–Crippen LogP) is -1.08. The average molecular weight is 868 g/mol. The molecule has 0 aromatic rings. The van der Waals surface area contributed by atoms with Crippen LogP contribution < -0.4 is 0 Å². The number of hydrogen-bond acceptors (Lipinski definition) is 18. The SMILES string of the molecule is COC1C(OC2C(OC[C@@H](/C=C/[C@@H](C)[C@H]3C[C@@H](O)C4[C@]5(O)C[C@H](OS(=O)(=O)[O-])C6[C@@H](O)[C@@H](O)CC[C@]6(C)C5CC[C@@]43C)C(C)C)OC([C@H](O)CO)C2O)OCC(O)C1O. The summed E-state index contributed by atoms with van der Waals surface area (Å²) in [5.74, 6) is -2.56. The fourth-order valence-corrected chi connectivity index (χ4v) is 12.9. The molecule has 0 amide bonds. The monoisotopic (exact) mass is 867 g/mol. The zero-order valence-electron chi connectivity index (χ0n) is 34.7. The van der Waals surface area contributed by atoms with Gasteiger partial charge in [-0.15, -0.1) is 0 Å². The van der Waals surface area contributed by atoms with E-state index in [1.165, 1.54) is 7.11 Å². The molecule has 18 nitrogen and oxygen atoms in total. The highest BCUT2D eigenvalue weighted by Crippen LogP contribution is 2.70. The van der Waals surface area contributed by atoms with Crippen LogP contribution in [0.4, 0.5) is 0 Å². The van der Waals surface area contributed by atoms with Gasteiger partial charge in [0.25, 0.3) is 0 Å². The van der Waals surface area contributed by atoms with Crippen molar-refractivity contribution in [2.75, 3.05) is 26.9 Å². The number of aliphatic hydroxyl groups excluding tert-OH is 8. The third-order valence-corrected chi connectivity index (χ3v) is 15.9. The maximum absolute atomic E-state index is 12.8. The first-order valence-corrected chi connectivity index (χ1v) is 22.3. The zero-order valence-corrected chi connectivity index (χ0v) is 35.5. The third-order valence-electron chi connectivity index (χ3n) is 15.4. The minimum atomic E-state index is -5.25. The van der Waals surface area contributed by atoms with Gasteiger partial charge < -0.3 is 74.2 Å². The van der Waals surface area contributed by atoms with E-state index in [1.54, 1.807) is 0 Å². The fourth-order valence-electron chi connectivity index (χ4n) is 12.4. The standard InChI is InChI=1S/C40H68O18S/c1-18(2)20(16-54-37-34(31(48)32(56-37)24(44)15-41)57-36-33(53-6)30(47)25(45)17-55-36)8-7-19(3)21-13-23(43)35-38(21,4)12-10-27-39(5)11-9-22(42)29(46)28(39)26(14-40(27,35)49)58-59(50,51)52/h7-8,18-37,41-49H,9-17H2,1-6H3,(H,50,51,52)/p-1/b8-7+/t19-,20-,21-,22+,23-,24-,25?,26+,27?,28?,29+,30?,31?,32?,33?,34?,35?,36?,37?,38-,39-,40+/m1/s1. The van der Waals surface area contributed by atoms with Crippen molar-refractivity contribution < 1.29 is 86.8 Å². The van der Waals surface area contributed by atoms with Gasteiger partial charge in [-0.3, -0.25) is 4.18 Å². The lowest BCUT2D eigenvalue weighted by Crippen LogP contribution is -2.71. The summed E-state index contributed by atoms with van der Waals surface area (Å²) < 4.78 is 70.1. The van der Waals surface area contributed by atoms with Gasteiger partial charge in [0.15, 0.2) is 12.6 Å². The van der Waals surface area contributed by atoms with Gasteiger partial charge in [-0.2, -0.15) is 0 Å². The molecule has 2 aliphatic heterocycles. The molecule has 11 unspecified atom stereocenters. The van der Waals surface area contributed by atoms with Crippen LogP contribution in [0.15, 0.2) is 12.2 Å². The van der Waals surface area contributed by atoms with Gasteiger partial charge in [0.2, 0.25) is 10.4 Å². The van der Waals surface area contributed by atoms with Crippen LogP contribution in [-0.4, -0.2) is 171 Å². The number of aliphatic hydroxyl groups is 9. The quantitative estimate of drug-likeness (QED) is 0.0570. The molecule has 22 atom stereocenters. The largest absolute Gasteiger partial charge is 0.726 e. The molecule has 2 heterocycles. The van der Waals surface area contributed by atoms with E-state index in [-0.39, 0.29) is 49.7 Å². The van der Waals surface area contributed by atoms with Crippen molar-refractivity contribution in [3.05, 3.63) is 12.2 Å². The minimum absolute atomic E-state index is 0.0299. The smallest absolute Gasteiger partial charge is 0.217 e. The summed E-state index contributed by atoms with van der Waals surface area (Å²) in [4.78, 5) is 0. The molecule has 0 radical (unpaired) electrons. The van der Waals surface area contributed by atoms with E-state index in [9.17, 15) is 58.9 Å². The van der Waals surface area contributed by atoms with E-state index in [0.717, 1.165) is 0 Å². The highest BCUT2D eigenvalue weighted by Gasteiger charge is 2.72. The predicted molar refractivity (Wildman–Crippen MR) is 203 cm³/mol. The van der Waals surface area contributed by atoms with Crippen LogP contribution in [0.25, 0.3) is 0 Å². The van der Waals surface area contributed by atoms with Gasteiger partial charge in [-0.1, -0.05) is 46.8 Å². The Bertz CT molecular complexity index is 1570. The number of hydrogen-bond donors (Lipinski definition) is 9. The molecule has 0 aromatic carbocycles. The summed E-state index contributed by atoms with van der Waals surface area (Å²) >= 11 is 0. The van der Waals surface area contributed by atoms with E-state index in [2.05, 4.69) is 0 Å². The maximum atomic E-state index is 12.8. The molecular formula is C40H67O18S-. The topological polar surface area (TPSA) is 295 Å². The molecule has 4 aliphatic carbocycles. The molecule has 342 valence electrons. The lowest BCUT2D eigenvalue weighted by molar-refractivity contribution is -0.308. The Morgan fingerprint density at radius 3 is 2.20 bits per heavy atom. The van der Waals surface area contributed by atoms with Gasteiger partial charge in [-0.25, -0.2) is 8.42 Å². The summed E-state index contributed by atoms with van der Waals surface area (Å²) in [5, 5.41) is 98.2. The first-order chi connectivity index (χ1) is 27.5. The van der Waals surface area contributed by atoms with Crippen LogP contribution in [-0.2, 0) is 38.3 Å². The normalized spacial score (nSPS) is 49.4. The van der Waals surface area contributed by atoms with E-state index in [4.69, 9.17) is 27.9 Å². The van der Waals surface area contributed by atoms with Crippen LogP contribution in [0, 0.1) is 52.3 Å². The van der Waals surface area contributed by atoms with Gasteiger partial charge in [-0.05, 0) is 66.6 Å². The molecule has 19 heteroatoms. The van der Waals surface area contributed by atoms with E-state index < -0.39 is 131 Å². The molecule has 6 rings (SSSR count). The minimum Gasteiger partial charge on any atom is -0.726 e. The second-order valence-electron chi connectivity index (χ2n) is 19.1. The Kier molecular flexibility index (Phi) is 14.4. The van der Waals surface area contributed by atoms with Crippen molar-refractivity contribution >= 4 is 10.4 Å². The summed E-state index contributed by atoms with van der Waals surface area (Å²) in [5.41, 5.74) is -3.16. The number of rotatable bonds is 14. The van der Waals surface area contributed by atoms with Crippen molar-refractivity contribution in [2.45, 2.75) is 158 Å². The van der Waals surface area contributed by atoms with Crippen LogP contribution in [0.2, 0.25) is 0 Å². The lowest BCUT2D eigenvalue weighted by atomic mass is 9.41. The van der Waals surface area contributed by atoms with Crippen molar-refractivity contribution in [3.63, 3.8) is 0 Å². The van der Waals surface area contributed by atoms with Crippen molar-refractivity contribution in [1.29, 1.82) is 0 Å². The fraction of sp³-hybridized carbons (Fsp3) is 0.950. The Labute approximate surface area is 346 Å². The zero-order chi connectivity index (χ0) is 43.6.